The van der Waals surface area contributed by atoms with E-state index in [1.165, 1.54) is 0 Å². The second-order valence-corrected chi connectivity index (χ2v) is 8.19. The van der Waals surface area contributed by atoms with Gasteiger partial charge in [0, 0.05) is 37.5 Å². The second-order valence-electron chi connectivity index (χ2n) is 7.29. The molecule has 0 aliphatic heterocycles. The van der Waals surface area contributed by atoms with Gasteiger partial charge in [0.15, 0.2) is 0 Å². The summed E-state index contributed by atoms with van der Waals surface area (Å²) in [6.07, 6.45) is -0.887. The molecule has 0 amide bonds. The summed E-state index contributed by atoms with van der Waals surface area (Å²) >= 11 is 1.09. The summed E-state index contributed by atoms with van der Waals surface area (Å²) < 4.78 is 8.91. The lowest BCUT2D eigenvalue weighted by Crippen LogP contribution is -2.24. The first-order chi connectivity index (χ1) is 14.9. The minimum absolute atomic E-state index is 0.144. The van der Waals surface area contributed by atoms with Crippen molar-refractivity contribution in [1.29, 1.82) is 5.26 Å². The lowest BCUT2D eigenvalue weighted by Gasteiger charge is -2.13. The standard InChI is InChI=1S/C23H24N4O3S/c1-15(23(12-24)31-26-14-20(28)13-25-29)21-8-9-22(30-21)18-5-4-17-11-19(27(2)3)7-6-16(17)10-18/h4-11,20,26,28H,13-14H2,1-3H3/b23-15+. The van der Waals surface area contributed by atoms with Crippen molar-refractivity contribution in [3.8, 4) is 17.4 Å². The Bertz CT molecular complexity index is 1150. The lowest BCUT2D eigenvalue weighted by atomic mass is 10.0. The van der Waals surface area contributed by atoms with Crippen LogP contribution in [0.4, 0.5) is 5.69 Å². The second kappa shape index (κ2) is 10.3. The van der Waals surface area contributed by atoms with E-state index in [4.69, 9.17) is 4.42 Å². The highest BCUT2D eigenvalue weighted by molar-refractivity contribution is 8.01. The first-order valence-corrected chi connectivity index (χ1v) is 10.5. The van der Waals surface area contributed by atoms with Gasteiger partial charge in [0.1, 0.15) is 29.0 Å². The van der Waals surface area contributed by atoms with E-state index in [0.29, 0.717) is 16.2 Å². The van der Waals surface area contributed by atoms with Crippen molar-refractivity contribution in [1.82, 2.24) is 4.72 Å². The SMILES string of the molecule is C/C(=C(/C#N)SNCC(O)CN=O)c1ccc(-c2ccc3cc(N(C)C)ccc3c2)o1. The normalized spacial score (nSPS) is 12.9. The average Bonchev–Trinajstić information content (AvgIpc) is 3.26. The van der Waals surface area contributed by atoms with Crippen molar-refractivity contribution in [3.05, 3.63) is 64.1 Å². The molecule has 2 aromatic carbocycles. The van der Waals surface area contributed by atoms with Crippen molar-refractivity contribution in [2.75, 3.05) is 32.1 Å². The molecule has 8 heteroatoms. The number of nitroso groups, excluding NO2 is 1. The van der Waals surface area contributed by atoms with Gasteiger partial charge in [-0.2, -0.15) is 10.2 Å². The molecule has 31 heavy (non-hydrogen) atoms. The van der Waals surface area contributed by atoms with Gasteiger partial charge in [-0.15, -0.1) is 0 Å². The van der Waals surface area contributed by atoms with Crippen LogP contribution in [0.1, 0.15) is 12.7 Å². The molecule has 1 aromatic heterocycles. The van der Waals surface area contributed by atoms with E-state index in [9.17, 15) is 15.3 Å². The maximum Gasteiger partial charge on any atom is 0.134 e. The number of nitrogens with one attached hydrogen (secondary N) is 1. The zero-order valence-corrected chi connectivity index (χ0v) is 18.4. The van der Waals surface area contributed by atoms with Crippen LogP contribution in [-0.4, -0.2) is 38.4 Å². The van der Waals surface area contributed by atoms with Crippen molar-refractivity contribution >= 4 is 34.0 Å². The van der Waals surface area contributed by atoms with Crippen LogP contribution in [0.25, 0.3) is 27.7 Å². The molecule has 0 saturated heterocycles. The Hall–Kier alpha value is -3.12. The van der Waals surface area contributed by atoms with Gasteiger partial charge in [0.05, 0.1) is 6.10 Å². The first-order valence-electron chi connectivity index (χ1n) is 9.72. The number of furan rings is 1. The molecule has 7 nitrogen and oxygen atoms in total. The molecule has 1 atom stereocenters. The van der Waals surface area contributed by atoms with Crippen LogP contribution in [0.15, 0.2) is 63.0 Å². The van der Waals surface area contributed by atoms with E-state index in [-0.39, 0.29) is 13.1 Å². The predicted octanol–water partition coefficient (Wildman–Crippen LogP) is 4.79. The molecular weight excluding hydrogens is 412 g/mol. The van der Waals surface area contributed by atoms with Crippen LogP contribution in [-0.2, 0) is 0 Å². The van der Waals surface area contributed by atoms with Crippen molar-refractivity contribution < 1.29 is 9.52 Å². The Labute approximate surface area is 185 Å². The number of nitriles is 1. The Morgan fingerprint density at radius 3 is 2.68 bits per heavy atom. The van der Waals surface area contributed by atoms with Gasteiger partial charge < -0.3 is 14.4 Å². The Morgan fingerprint density at radius 2 is 1.97 bits per heavy atom. The van der Waals surface area contributed by atoms with E-state index in [1.54, 1.807) is 0 Å². The number of hydrogen-bond donors (Lipinski definition) is 2. The maximum absolute atomic E-state index is 10.2. The minimum Gasteiger partial charge on any atom is -0.456 e. The molecule has 1 unspecified atom stereocenters. The van der Waals surface area contributed by atoms with Gasteiger partial charge in [0.25, 0.3) is 0 Å². The van der Waals surface area contributed by atoms with Crippen LogP contribution in [0.3, 0.4) is 0 Å². The van der Waals surface area contributed by atoms with Crippen molar-refractivity contribution in [2.45, 2.75) is 13.0 Å². The molecule has 0 bridgehead atoms. The van der Waals surface area contributed by atoms with Gasteiger partial charge >= 0.3 is 0 Å². The third-order valence-corrected chi connectivity index (χ3v) is 5.73. The number of hydrogen-bond acceptors (Lipinski definition) is 8. The highest BCUT2D eigenvalue weighted by atomic mass is 32.2. The Kier molecular flexibility index (Phi) is 7.47. The minimum atomic E-state index is -0.887. The van der Waals surface area contributed by atoms with Gasteiger partial charge in [-0.25, -0.2) is 0 Å². The van der Waals surface area contributed by atoms with E-state index >= 15 is 0 Å². The van der Waals surface area contributed by atoms with Crippen LogP contribution >= 0.6 is 11.9 Å². The maximum atomic E-state index is 10.2. The van der Waals surface area contributed by atoms with E-state index < -0.39 is 6.10 Å². The monoisotopic (exact) mass is 436 g/mol. The average molecular weight is 437 g/mol. The third kappa shape index (κ3) is 5.52. The quantitative estimate of drug-likeness (QED) is 0.283. The van der Waals surface area contributed by atoms with Crippen molar-refractivity contribution in [3.63, 3.8) is 0 Å². The van der Waals surface area contributed by atoms with Gasteiger partial charge in [-0.1, -0.05) is 23.4 Å². The topological polar surface area (TPSA) is 102 Å². The number of anilines is 1. The number of fused-ring (bicyclic) bond motifs is 1. The molecule has 3 aromatic rings. The fourth-order valence-electron chi connectivity index (χ4n) is 3.01. The fourth-order valence-corrected chi connectivity index (χ4v) is 3.73. The first kappa shape index (κ1) is 22.6. The largest absolute Gasteiger partial charge is 0.456 e. The van der Waals surface area contributed by atoms with Crippen LogP contribution in [0.2, 0.25) is 0 Å². The molecular formula is C23H24N4O3S. The highest BCUT2D eigenvalue weighted by Crippen LogP contribution is 2.32. The number of rotatable bonds is 9. The number of aliphatic hydroxyl groups excluding tert-OH is 1. The molecule has 0 aliphatic carbocycles. The molecule has 0 fully saturated rings. The fraction of sp³-hybridized carbons (Fsp3) is 0.261. The molecule has 2 N–H and O–H groups in total. The summed E-state index contributed by atoms with van der Waals surface area (Å²) in [6, 6.07) is 18.4. The number of aliphatic hydroxyl groups is 1. The van der Waals surface area contributed by atoms with Crippen LogP contribution < -0.4 is 9.62 Å². The lowest BCUT2D eigenvalue weighted by molar-refractivity contribution is 0.188. The molecule has 0 spiro atoms. The molecule has 3 rings (SSSR count). The smallest absolute Gasteiger partial charge is 0.134 e. The summed E-state index contributed by atoms with van der Waals surface area (Å²) in [4.78, 5) is 12.7. The highest BCUT2D eigenvalue weighted by Gasteiger charge is 2.13. The summed E-state index contributed by atoms with van der Waals surface area (Å²) in [5, 5.41) is 24.0. The molecule has 1 heterocycles. The van der Waals surface area contributed by atoms with E-state index in [1.807, 2.05) is 39.2 Å². The summed E-state index contributed by atoms with van der Waals surface area (Å²) in [5.41, 5.74) is 2.79. The number of allylic oxidation sites excluding steroid dienone is 2. The summed E-state index contributed by atoms with van der Waals surface area (Å²) in [7, 11) is 4.03. The predicted molar refractivity (Wildman–Crippen MR) is 126 cm³/mol. The zero-order valence-electron chi connectivity index (χ0n) is 17.6. The van der Waals surface area contributed by atoms with Gasteiger partial charge in [-0.3, -0.25) is 4.72 Å². The molecule has 0 aliphatic rings. The third-order valence-electron chi connectivity index (χ3n) is 4.82. The molecule has 0 radical (unpaired) electrons. The Balaban J connectivity index is 1.79. The van der Waals surface area contributed by atoms with Crippen LogP contribution in [0, 0.1) is 16.2 Å². The van der Waals surface area contributed by atoms with Crippen molar-refractivity contribution in [2.24, 2.45) is 5.18 Å². The van der Waals surface area contributed by atoms with Gasteiger partial charge in [0.2, 0.25) is 0 Å². The van der Waals surface area contributed by atoms with E-state index in [0.717, 1.165) is 39.7 Å². The Morgan fingerprint density at radius 1 is 1.23 bits per heavy atom. The number of nitrogens with zero attached hydrogens (tertiary/aromatic N) is 3. The summed E-state index contributed by atoms with van der Waals surface area (Å²) in [5.74, 6) is 1.31. The molecule has 0 saturated carbocycles. The zero-order chi connectivity index (χ0) is 22.4. The van der Waals surface area contributed by atoms with E-state index in [2.05, 4.69) is 51.2 Å². The van der Waals surface area contributed by atoms with Gasteiger partial charge in [-0.05, 0) is 60.0 Å². The summed E-state index contributed by atoms with van der Waals surface area (Å²) in [6.45, 7) is 1.76. The van der Waals surface area contributed by atoms with Crippen LogP contribution in [0.5, 0.6) is 0 Å². The molecule has 160 valence electrons. The number of benzene rings is 2.